The molecule has 110 valence electrons. The number of rotatable bonds is 4. The average molecular weight is 276 g/mol. The van der Waals surface area contributed by atoms with E-state index in [0.717, 1.165) is 55.7 Å². The fraction of sp³-hybridized carbons (Fsp3) is 0.733. The molecule has 1 heterocycles. The van der Waals surface area contributed by atoms with Crippen molar-refractivity contribution in [1.82, 2.24) is 9.97 Å². The Labute approximate surface area is 120 Å². The molecule has 1 aromatic heterocycles. The number of aromatic nitrogens is 2. The SMILES string of the molecule is Cc1c(N)nc(C2CC2)nc1NCC1(O)CCCCC1. The van der Waals surface area contributed by atoms with Gasteiger partial charge in [-0.15, -0.1) is 0 Å². The van der Waals surface area contributed by atoms with E-state index in [1.807, 2.05) is 6.92 Å². The van der Waals surface area contributed by atoms with Crippen LogP contribution in [0.2, 0.25) is 0 Å². The second-order valence-corrected chi connectivity index (χ2v) is 6.35. The molecule has 5 nitrogen and oxygen atoms in total. The van der Waals surface area contributed by atoms with Crippen LogP contribution in [0.25, 0.3) is 0 Å². The van der Waals surface area contributed by atoms with E-state index in [1.54, 1.807) is 0 Å². The molecule has 0 spiro atoms. The van der Waals surface area contributed by atoms with E-state index in [1.165, 1.54) is 6.42 Å². The maximum absolute atomic E-state index is 10.5. The molecule has 2 fully saturated rings. The first-order valence-electron chi connectivity index (χ1n) is 7.68. The summed E-state index contributed by atoms with van der Waals surface area (Å²) in [7, 11) is 0. The molecule has 4 N–H and O–H groups in total. The summed E-state index contributed by atoms with van der Waals surface area (Å²) in [6.45, 7) is 2.48. The zero-order chi connectivity index (χ0) is 14.2. The quantitative estimate of drug-likeness (QED) is 0.786. The Balaban J connectivity index is 1.72. The number of aliphatic hydroxyl groups is 1. The van der Waals surface area contributed by atoms with Gasteiger partial charge in [0.05, 0.1) is 5.60 Å². The van der Waals surface area contributed by atoms with Crippen molar-refractivity contribution < 1.29 is 5.11 Å². The van der Waals surface area contributed by atoms with Gasteiger partial charge in [-0.25, -0.2) is 9.97 Å². The molecule has 0 aromatic carbocycles. The zero-order valence-corrected chi connectivity index (χ0v) is 12.2. The van der Waals surface area contributed by atoms with Gasteiger partial charge in [-0.05, 0) is 32.6 Å². The lowest BCUT2D eigenvalue weighted by molar-refractivity contribution is 0.0166. The number of nitrogens with zero attached hydrogens (tertiary/aromatic N) is 2. The molecule has 1 aromatic rings. The Hall–Kier alpha value is -1.36. The summed E-state index contributed by atoms with van der Waals surface area (Å²) in [6, 6.07) is 0. The van der Waals surface area contributed by atoms with Crippen molar-refractivity contribution >= 4 is 11.6 Å². The second-order valence-electron chi connectivity index (χ2n) is 6.35. The third-order valence-corrected chi connectivity index (χ3v) is 4.51. The van der Waals surface area contributed by atoms with E-state index >= 15 is 0 Å². The maximum atomic E-state index is 10.5. The Morgan fingerprint density at radius 2 is 1.95 bits per heavy atom. The van der Waals surface area contributed by atoms with Crippen molar-refractivity contribution in [2.24, 2.45) is 0 Å². The van der Waals surface area contributed by atoms with Gasteiger partial charge in [-0.1, -0.05) is 19.3 Å². The topological polar surface area (TPSA) is 84.1 Å². The van der Waals surface area contributed by atoms with Crippen LogP contribution in [0.1, 0.15) is 62.3 Å². The summed E-state index contributed by atoms with van der Waals surface area (Å²) in [4.78, 5) is 8.97. The fourth-order valence-corrected chi connectivity index (χ4v) is 2.88. The summed E-state index contributed by atoms with van der Waals surface area (Å²) in [5.41, 5.74) is 6.27. The van der Waals surface area contributed by atoms with Crippen molar-refractivity contribution in [2.45, 2.75) is 63.4 Å². The van der Waals surface area contributed by atoms with E-state index in [-0.39, 0.29) is 0 Å². The first-order chi connectivity index (χ1) is 9.57. The molecular formula is C15H24N4O. The minimum absolute atomic E-state index is 0.483. The summed E-state index contributed by atoms with van der Waals surface area (Å²) < 4.78 is 0. The summed E-state index contributed by atoms with van der Waals surface area (Å²) >= 11 is 0. The number of nitrogens with two attached hydrogens (primary N) is 1. The summed E-state index contributed by atoms with van der Waals surface area (Å²) in [5.74, 6) is 2.68. The van der Waals surface area contributed by atoms with Crippen molar-refractivity contribution in [3.63, 3.8) is 0 Å². The number of hydrogen-bond acceptors (Lipinski definition) is 5. The molecule has 2 aliphatic carbocycles. The smallest absolute Gasteiger partial charge is 0.136 e. The monoisotopic (exact) mass is 276 g/mol. The number of anilines is 2. The molecule has 0 radical (unpaired) electrons. The summed E-state index contributed by atoms with van der Waals surface area (Å²) in [6.07, 6.45) is 7.50. The molecule has 0 bridgehead atoms. The lowest BCUT2D eigenvalue weighted by Crippen LogP contribution is -2.39. The van der Waals surface area contributed by atoms with Gasteiger partial charge in [0.1, 0.15) is 17.5 Å². The Morgan fingerprint density at radius 3 is 2.60 bits per heavy atom. The molecule has 0 saturated heterocycles. The van der Waals surface area contributed by atoms with Gasteiger partial charge in [0.15, 0.2) is 0 Å². The van der Waals surface area contributed by atoms with Crippen LogP contribution >= 0.6 is 0 Å². The van der Waals surface area contributed by atoms with Crippen molar-refractivity contribution in [3.05, 3.63) is 11.4 Å². The van der Waals surface area contributed by atoms with Crippen LogP contribution in [-0.4, -0.2) is 27.2 Å². The lowest BCUT2D eigenvalue weighted by Gasteiger charge is -2.32. The Bertz CT molecular complexity index is 493. The van der Waals surface area contributed by atoms with E-state index in [4.69, 9.17) is 5.73 Å². The molecule has 0 atom stereocenters. The molecule has 3 rings (SSSR count). The molecule has 0 unspecified atom stereocenters. The molecule has 20 heavy (non-hydrogen) atoms. The van der Waals surface area contributed by atoms with Crippen LogP contribution in [0.3, 0.4) is 0 Å². The Kier molecular flexibility index (Phi) is 3.54. The van der Waals surface area contributed by atoms with Gasteiger partial charge < -0.3 is 16.2 Å². The third-order valence-electron chi connectivity index (χ3n) is 4.51. The van der Waals surface area contributed by atoms with Crippen LogP contribution in [0.5, 0.6) is 0 Å². The number of hydrogen-bond donors (Lipinski definition) is 3. The number of nitrogen functional groups attached to an aromatic ring is 1. The van der Waals surface area contributed by atoms with Gasteiger partial charge in [-0.3, -0.25) is 0 Å². The standard InChI is InChI=1S/C15H24N4O/c1-10-12(16)18-14(11-5-6-11)19-13(10)17-9-15(20)7-3-2-4-8-15/h11,20H,2-9H2,1H3,(H3,16,17,18,19). The highest BCUT2D eigenvalue weighted by Crippen LogP contribution is 2.39. The van der Waals surface area contributed by atoms with Gasteiger partial charge >= 0.3 is 0 Å². The van der Waals surface area contributed by atoms with Gasteiger partial charge in [0.2, 0.25) is 0 Å². The van der Waals surface area contributed by atoms with Crippen molar-refractivity contribution in [3.8, 4) is 0 Å². The lowest BCUT2D eigenvalue weighted by atomic mass is 9.85. The van der Waals surface area contributed by atoms with E-state index in [9.17, 15) is 5.11 Å². The molecule has 5 heteroatoms. The van der Waals surface area contributed by atoms with Crippen LogP contribution < -0.4 is 11.1 Å². The second kappa shape index (κ2) is 5.20. The average Bonchev–Trinajstić information content (AvgIpc) is 3.26. The van der Waals surface area contributed by atoms with E-state index in [2.05, 4.69) is 15.3 Å². The van der Waals surface area contributed by atoms with Crippen LogP contribution in [0.15, 0.2) is 0 Å². The fourth-order valence-electron chi connectivity index (χ4n) is 2.88. The molecule has 2 saturated carbocycles. The number of nitrogens with one attached hydrogen (secondary N) is 1. The van der Waals surface area contributed by atoms with Gasteiger partial charge in [0.25, 0.3) is 0 Å². The minimum atomic E-state index is -0.593. The first-order valence-corrected chi connectivity index (χ1v) is 7.68. The van der Waals surface area contributed by atoms with Crippen LogP contribution in [0, 0.1) is 6.92 Å². The van der Waals surface area contributed by atoms with Crippen LogP contribution in [-0.2, 0) is 0 Å². The van der Waals surface area contributed by atoms with Gasteiger partial charge in [-0.2, -0.15) is 0 Å². The molecule has 2 aliphatic rings. The first kappa shape index (κ1) is 13.6. The van der Waals surface area contributed by atoms with E-state index in [0.29, 0.717) is 18.3 Å². The molecule has 0 amide bonds. The third kappa shape index (κ3) is 2.87. The molecule has 0 aliphatic heterocycles. The maximum Gasteiger partial charge on any atom is 0.136 e. The predicted molar refractivity (Wildman–Crippen MR) is 79.7 cm³/mol. The highest BCUT2D eigenvalue weighted by molar-refractivity contribution is 5.55. The van der Waals surface area contributed by atoms with Crippen molar-refractivity contribution in [1.29, 1.82) is 0 Å². The highest BCUT2D eigenvalue weighted by Gasteiger charge is 2.30. The minimum Gasteiger partial charge on any atom is -0.388 e. The normalized spacial score (nSPS) is 21.7. The summed E-state index contributed by atoms with van der Waals surface area (Å²) in [5, 5.41) is 13.9. The largest absolute Gasteiger partial charge is 0.388 e. The molecular weight excluding hydrogens is 252 g/mol. The van der Waals surface area contributed by atoms with Crippen LogP contribution in [0.4, 0.5) is 11.6 Å². The van der Waals surface area contributed by atoms with Gasteiger partial charge in [0, 0.05) is 18.0 Å². The Morgan fingerprint density at radius 1 is 1.25 bits per heavy atom. The highest BCUT2D eigenvalue weighted by atomic mass is 16.3. The van der Waals surface area contributed by atoms with E-state index < -0.39 is 5.60 Å². The van der Waals surface area contributed by atoms with Crippen molar-refractivity contribution in [2.75, 3.05) is 17.6 Å². The zero-order valence-electron chi connectivity index (χ0n) is 12.2. The predicted octanol–water partition coefficient (Wildman–Crippen LogP) is 2.35.